The molecule has 0 saturated carbocycles. The van der Waals surface area contributed by atoms with Crippen LogP contribution in [0.4, 0.5) is 0 Å². The van der Waals surface area contributed by atoms with Crippen molar-refractivity contribution in [3.63, 3.8) is 0 Å². The van der Waals surface area contributed by atoms with E-state index < -0.39 is 0 Å². The lowest BCUT2D eigenvalue weighted by molar-refractivity contribution is 0.272. The summed E-state index contributed by atoms with van der Waals surface area (Å²) in [6.45, 7) is 11.4. The van der Waals surface area contributed by atoms with E-state index in [2.05, 4.69) is 55.3 Å². The summed E-state index contributed by atoms with van der Waals surface area (Å²) in [5.74, 6) is 0.901. The highest BCUT2D eigenvalue weighted by atomic mass is 15.1. The van der Waals surface area contributed by atoms with Crippen LogP contribution in [0.3, 0.4) is 0 Å². The maximum absolute atomic E-state index is 3.54. The van der Waals surface area contributed by atoms with Crippen LogP contribution in [-0.4, -0.2) is 24.0 Å². The summed E-state index contributed by atoms with van der Waals surface area (Å²) in [5.41, 5.74) is 2.95. The van der Waals surface area contributed by atoms with Crippen molar-refractivity contribution in [3.8, 4) is 0 Å². The van der Waals surface area contributed by atoms with E-state index in [1.165, 1.54) is 43.5 Å². The van der Waals surface area contributed by atoms with Gasteiger partial charge in [0.25, 0.3) is 0 Å². The Kier molecular flexibility index (Phi) is 6.06. The molecule has 1 unspecified atom stereocenters. The van der Waals surface area contributed by atoms with E-state index in [0.717, 1.165) is 19.0 Å². The fourth-order valence-electron chi connectivity index (χ4n) is 2.92. The van der Waals surface area contributed by atoms with E-state index in [1.54, 1.807) is 0 Å². The van der Waals surface area contributed by atoms with Crippen LogP contribution in [-0.2, 0) is 13.1 Å². The summed E-state index contributed by atoms with van der Waals surface area (Å²) in [6.07, 6.45) is 4.10. The van der Waals surface area contributed by atoms with E-state index in [-0.39, 0.29) is 0 Å². The Balaban J connectivity index is 1.97. The van der Waals surface area contributed by atoms with Crippen molar-refractivity contribution < 1.29 is 0 Å². The van der Waals surface area contributed by atoms with Crippen LogP contribution < -0.4 is 5.32 Å². The highest BCUT2D eigenvalue weighted by Crippen LogP contribution is 2.19. The second kappa shape index (κ2) is 7.80. The van der Waals surface area contributed by atoms with Crippen LogP contribution in [0.1, 0.15) is 51.2 Å². The third-order valence-corrected chi connectivity index (χ3v) is 4.32. The van der Waals surface area contributed by atoms with Gasteiger partial charge in [-0.15, -0.1) is 0 Å². The molecule has 1 fully saturated rings. The second-order valence-electron chi connectivity index (χ2n) is 6.62. The average molecular weight is 274 g/mol. The molecule has 1 heterocycles. The molecule has 0 aromatic heterocycles. The predicted octanol–water partition coefficient (Wildman–Crippen LogP) is 3.81. The lowest BCUT2D eigenvalue weighted by Gasteiger charge is -2.22. The molecule has 1 aromatic rings. The van der Waals surface area contributed by atoms with Gasteiger partial charge in [-0.25, -0.2) is 0 Å². The predicted molar refractivity (Wildman–Crippen MR) is 86.7 cm³/mol. The topological polar surface area (TPSA) is 15.3 Å². The first kappa shape index (κ1) is 15.5. The molecule has 2 heteroatoms. The highest BCUT2D eigenvalue weighted by Gasteiger charge is 2.15. The van der Waals surface area contributed by atoms with Crippen molar-refractivity contribution in [2.75, 3.05) is 13.1 Å². The number of likely N-dealkylation sites (tertiary alicyclic amines) is 1. The van der Waals surface area contributed by atoms with Crippen molar-refractivity contribution in [2.45, 2.75) is 59.2 Å². The van der Waals surface area contributed by atoms with Gasteiger partial charge in [0.15, 0.2) is 0 Å². The van der Waals surface area contributed by atoms with Crippen LogP contribution >= 0.6 is 0 Å². The summed E-state index contributed by atoms with van der Waals surface area (Å²) in [5, 5.41) is 3.54. The van der Waals surface area contributed by atoms with Gasteiger partial charge < -0.3 is 5.32 Å². The molecule has 0 aliphatic carbocycles. The van der Waals surface area contributed by atoms with Crippen LogP contribution in [0, 0.1) is 5.92 Å². The Hall–Kier alpha value is -0.860. The number of nitrogens with zero attached hydrogens (tertiary/aromatic N) is 1. The molecule has 2 rings (SSSR count). The van der Waals surface area contributed by atoms with Crippen molar-refractivity contribution in [1.29, 1.82) is 0 Å². The normalized spacial score (nSPS) is 21.1. The monoisotopic (exact) mass is 274 g/mol. The third-order valence-electron chi connectivity index (χ3n) is 4.32. The first-order valence-corrected chi connectivity index (χ1v) is 8.17. The van der Waals surface area contributed by atoms with Crippen molar-refractivity contribution in [2.24, 2.45) is 5.92 Å². The zero-order valence-corrected chi connectivity index (χ0v) is 13.4. The smallest absolute Gasteiger partial charge is 0.0236 e. The van der Waals surface area contributed by atoms with Gasteiger partial charge in [-0.1, -0.05) is 45.0 Å². The van der Waals surface area contributed by atoms with Gasteiger partial charge >= 0.3 is 0 Å². The molecule has 1 aliphatic heterocycles. The quantitative estimate of drug-likeness (QED) is 0.878. The molecule has 0 bridgehead atoms. The summed E-state index contributed by atoms with van der Waals surface area (Å²) >= 11 is 0. The Morgan fingerprint density at radius 3 is 2.65 bits per heavy atom. The molecule has 112 valence electrons. The van der Waals surface area contributed by atoms with Crippen LogP contribution in [0.25, 0.3) is 0 Å². The molecule has 1 aromatic carbocycles. The second-order valence-corrected chi connectivity index (χ2v) is 6.62. The molecular weight excluding hydrogens is 244 g/mol. The molecule has 1 atom stereocenters. The van der Waals surface area contributed by atoms with Crippen molar-refractivity contribution in [3.05, 3.63) is 35.4 Å². The minimum atomic E-state index is 0.544. The maximum Gasteiger partial charge on any atom is 0.0236 e. The standard InChI is InChI=1S/C18H30N2/c1-15(2)19-13-17-8-4-5-9-18(17)14-20-11-6-7-16(3)10-12-20/h4-5,8-9,15-16,19H,6-7,10-14H2,1-3H3. The summed E-state index contributed by atoms with van der Waals surface area (Å²) in [6, 6.07) is 9.44. The first-order valence-electron chi connectivity index (χ1n) is 8.17. The number of hydrogen-bond donors (Lipinski definition) is 1. The van der Waals surface area contributed by atoms with Gasteiger partial charge in [-0.3, -0.25) is 4.90 Å². The third kappa shape index (κ3) is 4.92. The SMILES string of the molecule is CC1CCCN(Cc2ccccc2CNC(C)C)CC1. The summed E-state index contributed by atoms with van der Waals surface area (Å²) in [4.78, 5) is 2.64. The maximum atomic E-state index is 3.54. The molecular formula is C18H30N2. The molecule has 1 saturated heterocycles. The van der Waals surface area contributed by atoms with E-state index >= 15 is 0 Å². The zero-order valence-electron chi connectivity index (χ0n) is 13.4. The van der Waals surface area contributed by atoms with Crippen molar-refractivity contribution >= 4 is 0 Å². The van der Waals surface area contributed by atoms with Gasteiger partial charge in [0.05, 0.1) is 0 Å². The van der Waals surface area contributed by atoms with E-state index in [9.17, 15) is 0 Å². The van der Waals surface area contributed by atoms with Gasteiger partial charge in [-0.2, -0.15) is 0 Å². The number of benzene rings is 1. The largest absolute Gasteiger partial charge is 0.310 e. The van der Waals surface area contributed by atoms with Crippen LogP contribution in [0.5, 0.6) is 0 Å². The van der Waals surface area contributed by atoms with E-state index in [0.29, 0.717) is 6.04 Å². The lowest BCUT2D eigenvalue weighted by atomic mass is 10.0. The highest BCUT2D eigenvalue weighted by molar-refractivity contribution is 5.27. The number of hydrogen-bond acceptors (Lipinski definition) is 2. The molecule has 2 nitrogen and oxygen atoms in total. The van der Waals surface area contributed by atoms with Crippen molar-refractivity contribution in [1.82, 2.24) is 10.2 Å². The molecule has 20 heavy (non-hydrogen) atoms. The van der Waals surface area contributed by atoms with Gasteiger partial charge in [-0.05, 0) is 49.4 Å². The Morgan fingerprint density at radius 1 is 1.15 bits per heavy atom. The molecule has 0 spiro atoms. The van der Waals surface area contributed by atoms with Gasteiger partial charge in [0, 0.05) is 19.1 Å². The molecule has 0 radical (unpaired) electrons. The minimum absolute atomic E-state index is 0.544. The first-order chi connectivity index (χ1) is 9.65. The molecule has 1 aliphatic rings. The van der Waals surface area contributed by atoms with Crippen LogP contribution in [0.2, 0.25) is 0 Å². The number of nitrogens with one attached hydrogen (secondary N) is 1. The summed E-state index contributed by atoms with van der Waals surface area (Å²) in [7, 11) is 0. The molecule has 0 amide bonds. The Bertz CT molecular complexity index is 400. The van der Waals surface area contributed by atoms with Gasteiger partial charge in [0.2, 0.25) is 0 Å². The Labute approximate surface area is 124 Å². The summed E-state index contributed by atoms with van der Waals surface area (Å²) < 4.78 is 0. The Morgan fingerprint density at radius 2 is 1.90 bits per heavy atom. The number of rotatable bonds is 5. The van der Waals surface area contributed by atoms with Crippen LogP contribution in [0.15, 0.2) is 24.3 Å². The lowest BCUT2D eigenvalue weighted by Crippen LogP contribution is -2.26. The van der Waals surface area contributed by atoms with E-state index in [4.69, 9.17) is 0 Å². The fourth-order valence-corrected chi connectivity index (χ4v) is 2.92. The van der Waals surface area contributed by atoms with Gasteiger partial charge in [0.1, 0.15) is 0 Å². The molecule has 1 N–H and O–H groups in total. The van der Waals surface area contributed by atoms with E-state index in [1.807, 2.05) is 0 Å². The zero-order chi connectivity index (χ0) is 14.4. The average Bonchev–Trinajstić information content (AvgIpc) is 2.63. The fraction of sp³-hybridized carbons (Fsp3) is 0.667. The minimum Gasteiger partial charge on any atom is -0.310 e.